The maximum absolute atomic E-state index is 12.5. The molecule has 1 aromatic heterocycles. The van der Waals surface area contributed by atoms with Crippen molar-refractivity contribution in [1.29, 1.82) is 0 Å². The van der Waals surface area contributed by atoms with Crippen LogP contribution in [0.25, 0.3) is 21.7 Å². The average Bonchev–Trinajstić information content (AvgIpc) is 3.32. The molecule has 5 rings (SSSR count). The van der Waals surface area contributed by atoms with E-state index in [1.54, 1.807) is 18.3 Å². The number of carbonyl (C=O) groups is 1. The summed E-state index contributed by atoms with van der Waals surface area (Å²) in [6, 6.07) is 25.5. The van der Waals surface area contributed by atoms with E-state index in [2.05, 4.69) is 79.4 Å². The standard InChI is InChI=1S/C29H22BrIN2O4/c1-2-35-26-13-19(16-32-33-29(34)27-15-22-14-23(30)9-10-25(22)37-27)12-24(31)28(26)36-17-18-7-8-20-5-3-4-6-21(20)11-18/h3-16H,2,17H2,1H3,(H,33,34)/b32-16+. The molecule has 37 heavy (non-hydrogen) atoms. The Balaban J connectivity index is 1.29. The van der Waals surface area contributed by atoms with Crippen LogP contribution < -0.4 is 14.9 Å². The Morgan fingerprint density at radius 1 is 1.00 bits per heavy atom. The van der Waals surface area contributed by atoms with E-state index in [-0.39, 0.29) is 5.76 Å². The first kappa shape index (κ1) is 25.3. The Kier molecular flexibility index (Phi) is 7.76. The predicted octanol–water partition coefficient (Wildman–Crippen LogP) is 7.69. The van der Waals surface area contributed by atoms with Gasteiger partial charge in [0.05, 0.1) is 16.4 Å². The molecule has 4 aromatic carbocycles. The zero-order valence-corrected chi connectivity index (χ0v) is 23.6. The molecular formula is C29H22BrIN2O4. The van der Waals surface area contributed by atoms with Gasteiger partial charge in [-0.3, -0.25) is 4.79 Å². The third-order valence-electron chi connectivity index (χ3n) is 5.61. The summed E-state index contributed by atoms with van der Waals surface area (Å²) >= 11 is 5.64. The van der Waals surface area contributed by atoms with Gasteiger partial charge in [-0.2, -0.15) is 5.10 Å². The molecule has 0 fully saturated rings. The smallest absolute Gasteiger partial charge is 0.307 e. The van der Waals surface area contributed by atoms with E-state index in [4.69, 9.17) is 13.9 Å². The summed E-state index contributed by atoms with van der Waals surface area (Å²) < 4.78 is 19.4. The van der Waals surface area contributed by atoms with Crippen molar-refractivity contribution < 1.29 is 18.7 Å². The molecule has 1 N–H and O–H groups in total. The first-order chi connectivity index (χ1) is 18.0. The van der Waals surface area contributed by atoms with Crippen molar-refractivity contribution in [3.05, 3.63) is 104 Å². The number of amides is 1. The summed E-state index contributed by atoms with van der Waals surface area (Å²) in [6.07, 6.45) is 1.56. The molecule has 6 nitrogen and oxygen atoms in total. The van der Waals surface area contributed by atoms with E-state index in [1.165, 1.54) is 10.8 Å². The quantitative estimate of drug-likeness (QED) is 0.105. The fourth-order valence-corrected chi connectivity index (χ4v) is 5.06. The second kappa shape index (κ2) is 11.4. The summed E-state index contributed by atoms with van der Waals surface area (Å²) in [5.41, 5.74) is 4.99. The number of furan rings is 1. The number of rotatable bonds is 8. The molecule has 0 saturated carbocycles. The average molecular weight is 669 g/mol. The van der Waals surface area contributed by atoms with Crippen LogP contribution in [0.2, 0.25) is 0 Å². The number of nitrogens with one attached hydrogen (secondary N) is 1. The summed E-state index contributed by atoms with van der Waals surface area (Å²) in [5.74, 6) is 1.04. The number of ether oxygens (including phenoxy) is 2. The number of fused-ring (bicyclic) bond motifs is 2. The zero-order valence-electron chi connectivity index (χ0n) is 19.8. The van der Waals surface area contributed by atoms with Crippen LogP contribution in [0.15, 0.2) is 92.9 Å². The topological polar surface area (TPSA) is 73.1 Å². The van der Waals surface area contributed by atoms with Gasteiger partial charge in [0.15, 0.2) is 17.3 Å². The first-order valence-corrected chi connectivity index (χ1v) is 13.5. The lowest BCUT2D eigenvalue weighted by molar-refractivity contribution is 0.0929. The molecule has 1 amide bonds. The van der Waals surface area contributed by atoms with E-state index in [1.807, 2.05) is 43.3 Å². The van der Waals surface area contributed by atoms with Crippen LogP contribution >= 0.6 is 38.5 Å². The van der Waals surface area contributed by atoms with Gasteiger partial charge in [-0.05, 0) is 93.9 Å². The second-order valence-corrected chi connectivity index (χ2v) is 10.3. The van der Waals surface area contributed by atoms with E-state index >= 15 is 0 Å². The largest absolute Gasteiger partial charge is 0.490 e. The molecule has 5 aromatic rings. The van der Waals surface area contributed by atoms with Gasteiger partial charge >= 0.3 is 5.91 Å². The molecule has 0 aliphatic carbocycles. The minimum Gasteiger partial charge on any atom is -0.490 e. The van der Waals surface area contributed by atoms with Crippen LogP contribution in [0, 0.1) is 3.57 Å². The molecule has 8 heteroatoms. The van der Waals surface area contributed by atoms with Crippen molar-refractivity contribution in [3.63, 3.8) is 0 Å². The van der Waals surface area contributed by atoms with Crippen LogP contribution in [0.3, 0.4) is 0 Å². The summed E-state index contributed by atoms with van der Waals surface area (Å²) in [7, 11) is 0. The van der Waals surface area contributed by atoms with E-state index in [0.29, 0.717) is 30.3 Å². The molecule has 0 unspecified atom stereocenters. The Labute approximate surface area is 235 Å². The maximum Gasteiger partial charge on any atom is 0.307 e. The number of benzene rings is 4. The summed E-state index contributed by atoms with van der Waals surface area (Å²) in [6.45, 7) is 2.83. The highest BCUT2D eigenvalue weighted by molar-refractivity contribution is 14.1. The van der Waals surface area contributed by atoms with Crippen LogP contribution in [-0.2, 0) is 6.61 Å². The van der Waals surface area contributed by atoms with Gasteiger partial charge in [0.2, 0.25) is 0 Å². The lowest BCUT2D eigenvalue weighted by atomic mass is 10.1. The number of carbonyl (C=O) groups excluding carboxylic acids is 1. The van der Waals surface area contributed by atoms with Crippen LogP contribution in [0.1, 0.15) is 28.6 Å². The normalized spacial score (nSPS) is 11.3. The Morgan fingerprint density at radius 2 is 1.84 bits per heavy atom. The van der Waals surface area contributed by atoms with Crippen molar-refractivity contribution >= 4 is 72.4 Å². The monoisotopic (exact) mass is 668 g/mol. The number of hydrazone groups is 1. The Morgan fingerprint density at radius 3 is 2.68 bits per heavy atom. The van der Waals surface area contributed by atoms with E-state index in [9.17, 15) is 4.79 Å². The van der Waals surface area contributed by atoms with Gasteiger partial charge in [-0.15, -0.1) is 0 Å². The molecular weight excluding hydrogens is 647 g/mol. The first-order valence-electron chi connectivity index (χ1n) is 11.6. The lowest BCUT2D eigenvalue weighted by Crippen LogP contribution is -2.16. The van der Waals surface area contributed by atoms with E-state index in [0.717, 1.165) is 24.6 Å². The second-order valence-electron chi connectivity index (χ2n) is 8.23. The van der Waals surface area contributed by atoms with Gasteiger partial charge in [0, 0.05) is 9.86 Å². The van der Waals surface area contributed by atoms with Gasteiger partial charge in [-0.25, -0.2) is 5.43 Å². The van der Waals surface area contributed by atoms with Gasteiger partial charge in [0.1, 0.15) is 12.2 Å². The van der Waals surface area contributed by atoms with E-state index < -0.39 is 5.91 Å². The predicted molar refractivity (Wildman–Crippen MR) is 158 cm³/mol. The SMILES string of the molecule is CCOc1cc(/C=N/NC(=O)c2cc3cc(Br)ccc3o2)cc(I)c1OCc1ccc2ccccc2c1. The zero-order chi connectivity index (χ0) is 25.8. The van der Waals surface area contributed by atoms with Crippen molar-refractivity contribution in [2.45, 2.75) is 13.5 Å². The van der Waals surface area contributed by atoms with Crippen LogP contribution in [-0.4, -0.2) is 18.7 Å². The maximum atomic E-state index is 12.5. The molecule has 0 atom stereocenters. The highest BCUT2D eigenvalue weighted by Gasteiger charge is 2.14. The molecule has 0 saturated heterocycles. The van der Waals surface area contributed by atoms with Gasteiger partial charge < -0.3 is 13.9 Å². The molecule has 0 radical (unpaired) electrons. The minimum atomic E-state index is -0.432. The van der Waals surface area contributed by atoms with Gasteiger partial charge in [-0.1, -0.05) is 52.3 Å². The van der Waals surface area contributed by atoms with Crippen molar-refractivity contribution in [2.75, 3.05) is 6.61 Å². The van der Waals surface area contributed by atoms with Crippen molar-refractivity contribution in [2.24, 2.45) is 5.10 Å². The van der Waals surface area contributed by atoms with Crippen LogP contribution in [0.5, 0.6) is 11.5 Å². The van der Waals surface area contributed by atoms with Crippen LogP contribution in [0.4, 0.5) is 0 Å². The highest BCUT2D eigenvalue weighted by atomic mass is 127. The fraction of sp³-hybridized carbons (Fsp3) is 0.103. The summed E-state index contributed by atoms with van der Waals surface area (Å²) in [5, 5.41) is 7.31. The summed E-state index contributed by atoms with van der Waals surface area (Å²) in [4.78, 5) is 12.5. The van der Waals surface area contributed by atoms with Crippen molar-refractivity contribution in [1.82, 2.24) is 5.43 Å². The number of hydrogen-bond donors (Lipinski definition) is 1. The lowest BCUT2D eigenvalue weighted by Gasteiger charge is -2.15. The third kappa shape index (κ3) is 5.97. The minimum absolute atomic E-state index is 0.187. The molecule has 0 spiro atoms. The third-order valence-corrected chi connectivity index (χ3v) is 6.91. The Hall–Kier alpha value is -3.37. The number of nitrogens with zero attached hydrogens (tertiary/aromatic N) is 1. The molecule has 0 aliphatic heterocycles. The molecule has 0 aliphatic rings. The van der Waals surface area contributed by atoms with Gasteiger partial charge in [0.25, 0.3) is 0 Å². The fourth-order valence-electron chi connectivity index (χ4n) is 3.90. The van der Waals surface area contributed by atoms with Crippen molar-refractivity contribution in [3.8, 4) is 11.5 Å². The molecule has 0 bridgehead atoms. The Bertz CT molecular complexity index is 1630. The molecule has 186 valence electrons. The number of halogens is 2. The molecule has 1 heterocycles. The number of hydrogen-bond acceptors (Lipinski definition) is 5. The highest BCUT2D eigenvalue weighted by Crippen LogP contribution is 2.35.